The molecule has 2 aromatic rings. The number of rotatable bonds is 8. The summed E-state index contributed by atoms with van der Waals surface area (Å²) in [5, 5.41) is 21.5. The van der Waals surface area contributed by atoms with Crippen LogP contribution in [0.25, 0.3) is 10.9 Å². The molecule has 0 aliphatic carbocycles. The van der Waals surface area contributed by atoms with E-state index in [0.717, 1.165) is 4.68 Å². The van der Waals surface area contributed by atoms with Gasteiger partial charge in [0.1, 0.15) is 11.6 Å². The Morgan fingerprint density at radius 1 is 1.32 bits per heavy atom. The normalized spacial score (nSPS) is 13.4. The van der Waals surface area contributed by atoms with Crippen LogP contribution in [0.5, 0.6) is 0 Å². The predicted octanol–water partition coefficient (Wildman–Crippen LogP) is 0.0250. The van der Waals surface area contributed by atoms with Crippen molar-refractivity contribution < 1.29 is 14.7 Å². The molecule has 1 N–H and O–H groups in total. The van der Waals surface area contributed by atoms with Gasteiger partial charge in [-0.2, -0.15) is 4.68 Å². The number of carboxylic acids is 1. The van der Waals surface area contributed by atoms with Gasteiger partial charge in [-0.15, -0.1) is 5.10 Å². The molecule has 1 aromatic carbocycles. The standard InChI is InChI=1S/C17H22N4O4/c1-3-11(2)15(16(24)18-10-6-9-14(22)23)21-17(25)12-7-4-5-8-13(12)19-20-21/h4-5,7-8,11,15H,3,6,9-10H2,1-2H3,(H,18,24)(H,22,23)/p-1/t11-,15-/m0/s1. The van der Waals surface area contributed by atoms with Crippen LogP contribution in [-0.4, -0.2) is 33.4 Å². The van der Waals surface area contributed by atoms with E-state index in [1.165, 1.54) is 0 Å². The highest BCUT2D eigenvalue weighted by Crippen LogP contribution is 2.19. The zero-order chi connectivity index (χ0) is 18.4. The molecule has 0 radical (unpaired) electrons. The molecule has 0 aliphatic heterocycles. The molecule has 134 valence electrons. The number of nitrogens with one attached hydrogen (secondary N) is 1. The molecule has 1 amide bonds. The number of amides is 1. The summed E-state index contributed by atoms with van der Waals surface area (Å²) in [6, 6.07) is 6.02. The molecule has 0 saturated carbocycles. The van der Waals surface area contributed by atoms with Crippen molar-refractivity contribution in [1.82, 2.24) is 20.3 Å². The van der Waals surface area contributed by atoms with E-state index in [9.17, 15) is 19.5 Å². The average Bonchev–Trinajstić information content (AvgIpc) is 2.60. The Hall–Kier alpha value is -2.77. The number of benzene rings is 1. The molecule has 0 unspecified atom stereocenters. The first-order valence-electron chi connectivity index (χ1n) is 8.27. The summed E-state index contributed by atoms with van der Waals surface area (Å²) in [4.78, 5) is 35.7. The lowest BCUT2D eigenvalue weighted by atomic mass is 9.98. The maximum absolute atomic E-state index is 12.7. The van der Waals surface area contributed by atoms with E-state index in [4.69, 9.17) is 0 Å². The van der Waals surface area contributed by atoms with E-state index in [1.54, 1.807) is 24.3 Å². The third kappa shape index (κ3) is 4.40. The van der Waals surface area contributed by atoms with Crippen molar-refractivity contribution in [2.75, 3.05) is 6.54 Å². The minimum Gasteiger partial charge on any atom is -0.550 e. The summed E-state index contributed by atoms with van der Waals surface area (Å²) >= 11 is 0. The highest BCUT2D eigenvalue weighted by atomic mass is 16.4. The minimum absolute atomic E-state index is 0.135. The number of hydrogen-bond acceptors (Lipinski definition) is 6. The van der Waals surface area contributed by atoms with Crippen LogP contribution in [-0.2, 0) is 9.59 Å². The molecule has 1 aromatic heterocycles. The lowest BCUT2D eigenvalue weighted by Crippen LogP contribution is -2.42. The lowest BCUT2D eigenvalue weighted by molar-refractivity contribution is -0.305. The maximum atomic E-state index is 12.7. The van der Waals surface area contributed by atoms with Crippen LogP contribution in [0.15, 0.2) is 29.1 Å². The largest absolute Gasteiger partial charge is 0.550 e. The number of fused-ring (bicyclic) bond motifs is 1. The molecule has 2 atom stereocenters. The van der Waals surface area contributed by atoms with Gasteiger partial charge in [-0.1, -0.05) is 37.6 Å². The zero-order valence-electron chi connectivity index (χ0n) is 14.3. The molecule has 0 fully saturated rings. The molecule has 0 bridgehead atoms. The second kappa shape index (κ2) is 8.36. The predicted molar refractivity (Wildman–Crippen MR) is 89.5 cm³/mol. The van der Waals surface area contributed by atoms with Gasteiger partial charge in [-0.3, -0.25) is 9.59 Å². The number of carbonyl (C=O) groups is 2. The Morgan fingerprint density at radius 3 is 2.72 bits per heavy atom. The number of carbonyl (C=O) groups excluding carboxylic acids is 2. The summed E-state index contributed by atoms with van der Waals surface area (Å²) in [5.74, 6) is -1.68. The zero-order valence-corrected chi connectivity index (χ0v) is 14.3. The number of aromatic nitrogens is 3. The number of hydrogen-bond donors (Lipinski definition) is 1. The van der Waals surface area contributed by atoms with Crippen LogP contribution < -0.4 is 16.0 Å². The van der Waals surface area contributed by atoms with Crippen molar-refractivity contribution in [2.45, 2.75) is 39.2 Å². The summed E-state index contributed by atoms with van der Waals surface area (Å²) < 4.78 is 1.12. The van der Waals surface area contributed by atoms with Gasteiger partial charge in [0.25, 0.3) is 5.56 Å². The Labute approximate surface area is 144 Å². The topological polar surface area (TPSA) is 117 Å². The number of carboxylic acid groups (broad SMARTS) is 1. The van der Waals surface area contributed by atoms with Crippen molar-refractivity contribution in [3.8, 4) is 0 Å². The molecule has 1 heterocycles. The van der Waals surface area contributed by atoms with Crippen molar-refractivity contribution >= 4 is 22.8 Å². The minimum atomic E-state index is -1.16. The number of nitrogens with zero attached hydrogens (tertiary/aromatic N) is 3. The monoisotopic (exact) mass is 345 g/mol. The highest BCUT2D eigenvalue weighted by Gasteiger charge is 2.28. The molecule has 0 saturated heterocycles. The van der Waals surface area contributed by atoms with Gasteiger partial charge in [0.2, 0.25) is 5.91 Å². The molecule has 25 heavy (non-hydrogen) atoms. The van der Waals surface area contributed by atoms with Crippen LogP contribution in [0.3, 0.4) is 0 Å². The molecular weight excluding hydrogens is 324 g/mol. The Balaban J connectivity index is 2.28. The first-order chi connectivity index (χ1) is 12.0. The van der Waals surface area contributed by atoms with Crippen molar-refractivity contribution in [2.24, 2.45) is 5.92 Å². The average molecular weight is 345 g/mol. The van der Waals surface area contributed by atoms with Crippen LogP contribution >= 0.6 is 0 Å². The van der Waals surface area contributed by atoms with Gasteiger partial charge in [-0.25, -0.2) is 0 Å². The van der Waals surface area contributed by atoms with E-state index in [0.29, 0.717) is 17.3 Å². The van der Waals surface area contributed by atoms with E-state index >= 15 is 0 Å². The number of aliphatic carboxylic acids is 1. The molecule has 0 aliphatic rings. The van der Waals surface area contributed by atoms with Crippen molar-refractivity contribution in [1.29, 1.82) is 0 Å². The SMILES string of the molecule is CC[C@H](C)[C@@H](C(=O)NCCCC(=O)[O-])n1nnc2ccccc2c1=O. The maximum Gasteiger partial charge on any atom is 0.278 e. The summed E-state index contributed by atoms with van der Waals surface area (Å²) in [7, 11) is 0. The van der Waals surface area contributed by atoms with E-state index in [1.807, 2.05) is 13.8 Å². The first-order valence-corrected chi connectivity index (χ1v) is 8.27. The van der Waals surface area contributed by atoms with Gasteiger partial charge >= 0.3 is 0 Å². The molecule has 0 spiro atoms. The molecule has 8 nitrogen and oxygen atoms in total. The third-order valence-corrected chi connectivity index (χ3v) is 4.16. The van der Waals surface area contributed by atoms with E-state index < -0.39 is 12.0 Å². The summed E-state index contributed by atoms with van der Waals surface area (Å²) in [6.45, 7) is 3.96. The van der Waals surface area contributed by atoms with Crippen LogP contribution in [0.1, 0.15) is 39.2 Å². The summed E-state index contributed by atoms with van der Waals surface area (Å²) in [6.07, 6.45) is 0.793. The summed E-state index contributed by atoms with van der Waals surface area (Å²) in [5.41, 5.74) is 0.0989. The van der Waals surface area contributed by atoms with Crippen molar-refractivity contribution in [3.05, 3.63) is 34.6 Å². The first kappa shape index (κ1) is 18.6. The molecular formula is C17H21N4O4-. The molecule has 2 rings (SSSR count). The molecule has 8 heteroatoms. The van der Waals surface area contributed by atoms with E-state index in [-0.39, 0.29) is 36.8 Å². The second-order valence-corrected chi connectivity index (χ2v) is 5.95. The van der Waals surface area contributed by atoms with E-state index in [2.05, 4.69) is 15.6 Å². The van der Waals surface area contributed by atoms with Crippen LogP contribution in [0.4, 0.5) is 0 Å². The Morgan fingerprint density at radius 2 is 2.04 bits per heavy atom. The fraction of sp³-hybridized carbons (Fsp3) is 0.471. The second-order valence-electron chi connectivity index (χ2n) is 5.95. The van der Waals surface area contributed by atoms with Crippen molar-refractivity contribution in [3.63, 3.8) is 0 Å². The Bertz CT molecular complexity index is 818. The quantitative estimate of drug-likeness (QED) is 0.674. The van der Waals surface area contributed by atoms with Crippen LogP contribution in [0.2, 0.25) is 0 Å². The van der Waals surface area contributed by atoms with Gasteiger partial charge in [0.15, 0.2) is 0 Å². The Kier molecular flexibility index (Phi) is 6.21. The highest BCUT2D eigenvalue weighted by molar-refractivity contribution is 5.81. The van der Waals surface area contributed by atoms with Gasteiger partial charge in [0.05, 0.1) is 5.39 Å². The van der Waals surface area contributed by atoms with Gasteiger partial charge < -0.3 is 15.2 Å². The lowest BCUT2D eigenvalue weighted by Gasteiger charge is -2.23. The third-order valence-electron chi connectivity index (χ3n) is 4.16. The fourth-order valence-corrected chi connectivity index (χ4v) is 2.57. The van der Waals surface area contributed by atoms with Gasteiger partial charge in [-0.05, 0) is 30.9 Å². The van der Waals surface area contributed by atoms with Gasteiger partial charge in [0, 0.05) is 12.5 Å². The smallest absolute Gasteiger partial charge is 0.278 e. The fourth-order valence-electron chi connectivity index (χ4n) is 2.57. The van der Waals surface area contributed by atoms with Crippen LogP contribution in [0, 0.1) is 5.92 Å².